The minimum Gasteiger partial charge on any atom is -1.00 e. The molecule has 0 aliphatic heterocycles. The van der Waals surface area contributed by atoms with Crippen LogP contribution >= 0.6 is 9.24 Å². The zero-order valence-corrected chi connectivity index (χ0v) is 5.95. The first kappa shape index (κ1) is 9.30. The Balaban J connectivity index is 0. The maximum absolute atomic E-state index is 7.88. The third kappa shape index (κ3) is 11.5. The monoisotopic (exact) mass is 158 g/mol. The fourth-order valence-electron chi connectivity index (χ4n) is 0. The van der Waals surface area contributed by atoms with Crippen LogP contribution in [0.2, 0.25) is 0 Å². The van der Waals surface area contributed by atoms with Gasteiger partial charge in [-0.1, -0.05) is 0 Å². The minimum atomic E-state index is 0. The normalized spacial score (nSPS) is 6.60. The predicted molar refractivity (Wildman–Crippen MR) is 23.1 cm³/mol. The summed E-state index contributed by atoms with van der Waals surface area (Å²) in [7, 11) is 1.77. The molecule has 0 spiro atoms. The summed E-state index contributed by atoms with van der Waals surface area (Å²) in [5.41, 5.74) is 0. The first-order valence-corrected chi connectivity index (χ1v) is 2.32. The van der Waals surface area contributed by atoms with Crippen molar-refractivity contribution in [2.45, 2.75) is 0 Å². The Morgan fingerprint density at radius 2 is 1.80 bits per heavy atom. The quantitative estimate of drug-likeness (QED) is 0.395. The van der Waals surface area contributed by atoms with E-state index in [0.29, 0.717) is 6.61 Å². The Morgan fingerprint density at radius 3 is 1.80 bits per heavy atom. The molecule has 0 aliphatic rings. The van der Waals surface area contributed by atoms with E-state index in [1.165, 1.54) is 0 Å². The van der Waals surface area contributed by atoms with Gasteiger partial charge in [-0.2, -0.15) is 0 Å². The standard InChI is InChI=1S/C2H7OP.BrH/c3-1-2-4;/h3H,1-2,4H2;1H. The highest BCUT2D eigenvalue weighted by Crippen LogP contribution is 1.70. The molecule has 1 atom stereocenters. The van der Waals surface area contributed by atoms with Gasteiger partial charge in [-0.15, -0.1) is 0 Å². The maximum atomic E-state index is 7.88. The van der Waals surface area contributed by atoms with Gasteiger partial charge in [-0.25, -0.2) is 0 Å². The Kier molecular flexibility index (Phi) is 16.5. The molecule has 1 nitrogen and oxygen atoms in total. The van der Waals surface area contributed by atoms with Crippen LogP contribution < -0.4 is 17.0 Å². The third-order valence-electron chi connectivity index (χ3n) is 0.158. The lowest BCUT2D eigenvalue weighted by molar-refractivity contribution is -0.00000189. The Morgan fingerprint density at radius 1 is 1.60 bits per heavy atom. The number of rotatable bonds is 1. The van der Waals surface area contributed by atoms with Crippen molar-refractivity contribution in [1.29, 1.82) is 0 Å². The summed E-state index contributed by atoms with van der Waals surface area (Å²) in [4.78, 5) is 0. The molecule has 0 fully saturated rings. The van der Waals surface area contributed by atoms with Crippen molar-refractivity contribution in [2.75, 3.05) is 12.8 Å². The molecular weight excluding hydrogens is 151 g/mol. The van der Waals surface area contributed by atoms with Gasteiger partial charge >= 0.3 is 0 Å². The molecule has 0 radical (unpaired) electrons. The summed E-state index contributed by atoms with van der Waals surface area (Å²) in [6.45, 7) is 0.332. The topological polar surface area (TPSA) is 20.2 Å². The Bertz CT molecular complexity index is 11.6. The van der Waals surface area contributed by atoms with Gasteiger partial charge in [0.1, 0.15) is 0 Å². The van der Waals surface area contributed by atoms with Crippen LogP contribution in [0.3, 0.4) is 0 Å². The van der Waals surface area contributed by atoms with Crippen molar-refractivity contribution < 1.29 is 22.1 Å². The van der Waals surface area contributed by atoms with Crippen molar-refractivity contribution >= 4 is 9.24 Å². The van der Waals surface area contributed by atoms with Gasteiger partial charge in [-0.3, -0.25) is 0 Å². The Hall–Kier alpha value is 0.870. The largest absolute Gasteiger partial charge is 1.00 e. The Labute approximate surface area is 44.7 Å². The molecule has 0 aliphatic carbocycles. The van der Waals surface area contributed by atoms with Gasteiger partial charge in [0, 0.05) is 0 Å². The van der Waals surface area contributed by atoms with Gasteiger partial charge in [-0.05, 0) is 9.24 Å². The molecule has 0 saturated heterocycles. The molecule has 34 valence electrons. The lowest BCUT2D eigenvalue weighted by Crippen LogP contribution is -3.00. The lowest BCUT2D eigenvalue weighted by atomic mass is 10.9. The van der Waals surface area contributed by atoms with Gasteiger partial charge in [0.05, 0.1) is 12.8 Å². The van der Waals surface area contributed by atoms with Crippen LogP contribution in [0, 0.1) is 0 Å². The van der Waals surface area contributed by atoms with E-state index in [-0.39, 0.29) is 17.0 Å². The highest BCUT2D eigenvalue weighted by Gasteiger charge is 1.63. The molecule has 0 amide bonds. The fourth-order valence-corrected chi connectivity index (χ4v) is 0. The summed E-state index contributed by atoms with van der Waals surface area (Å²) >= 11 is 0. The fraction of sp³-hybridized carbons (Fsp3) is 1.00. The van der Waals surface area contributed by atoms with E-state index in [2.05, 4.69) is 0 Å². The summed E-state index contributed by atoms with van der Waals surface area (Å²) in [5.74, 6) is 0. The van der Waals surface area contributed by atoms with E-state index in [0.717, 1.165) is 6.16 Å². The van der Waals surface area contributed by atoms with E-state index in [1.807, 2.05) is 0 Å². The van der Waals surface area contributed by atoms with Crippen molar-refractivity contribution in [1.82, 2.24) is 0 Å². The van der Waals surface area contributed by atoms with Crippen LogP contribution in [0.5, 0.6) is 0 Å². The molecule has 0 aromatic carbocycles. The van der Waals surface area contributed by atoms with E-state index in [9.17, 15) is 0 Å². The van der Waals surface area contributed by atoms with Crippen LogP contribution in [0.4, 0.5) is 0 Å². The third-order valence-corrected chi connectivity index (χ3v) is 0.474. The second-order valence-electron chi connectivity index (χ2n) is 0.577. The number of aliphatic hydroxyl groups is 1. The predicted octanol–water partition coefficient (Wildman–Crippen LogP) is -3.41. The average molecular weight is 159 g/mol. The van der Waals surface area contributed by atoms with Gasteiger partial charge in [0.15, 0.2) is 0 Å². The zero-order valence-electron chi connectivity index (χ0n) is 2.95. The van der Waals surface area contributed by atoms with Crippen molar-refractivity contribution in [3.8, 4) is 0 Å². The van der Waals surface area contributed by atoms with E-state index >= 15 is 0 Å². The lowest BCUT2D eigenvalue weighted by Gasteiger charge is -1.64. The molecule has 0 saturated carbocycles. The molecule has 3 heteroatoms. The van der Waals surface area contributed by atoms with Crippen LogP contribution in [-0.2, 0) is 0 Å². The first-order valence-electron chi connectivity index (χ1n) is 1.32. The van der Waals surface area contributed by atoms with E-state index < -0.39 is 0 Å². The molecule has 1 unspecified atom stereocenters. The smallest absolute Gasteiger partial charge is 0.0762 e. The van der Waals surface area contributed by atoms with Crippen LogP contribution in [0.15, 0.2) is 0 Å². The molecule has 1 N–H and O–H groups in total. The molecule has 0 rings (SSSR count). The molecule has 0 aromatic rings. The van der Waals surface area contributed by atoms with Crippen molar-refractivity contribution in [2.24, 2.45) is 0 Å². The second kappa shape index (κ2) is 8.85. The van der Waals surface area contributed by atoms with Gasteiger partial charge in [0.2, 0.25) is 0 Å². The maximum Gasteiger partial charge on any atom is 0.0762 e. The number of hydrogen-bond donors (Lipinski definition) is 1. The molecular formula is C2H8BrOP. The van der Waals surface area contributed by atoms with Crippen molar-refractivity contribution in [3.63, 3.8) is 0 Å². The SMILES string of the molecule is OCC[PH3+].[Br-]. The molecule has 0 bridgehead atoms. The zero-order chi connectivity index (χ0) is 3.41. The average Bonchev–Trinajstić information content (AvgIpc) is 1.37. The number of hydrogen-bond acceptors (Lipinski definition) is 1. The van der Waals surface area contributed by atoms with Crippen molar-refractivity contribution in [3.05, 3.63) is 0 Å². The van der Waals surface area contributed by atoms with Gasteiger partial charge < -0.3 is 22.1 Å². The highest BCUT2D eigenvalue weighted by molar-refractivity contribution is 7.16. The van der Waals surface area contributed by atoms with E-state index in [1.54, 1.807) is 9.24 Å². The van der Waals surface area contributed by atoms with Crippen LogP contribution in [0.25, 0.3) is 0 Å². The van der Waals surface area contributed by atoms with Crippen LogP contribution in [-0.4, -0.2) is 17.9 Å². The van der Waals surface area contributed by atoms with Crippen LogP contribution in [0.1, 0.15) is 0 Å². The number of halogens is 1. The summed E-state index contributed by atoms with van der Waals surface area (Å²) < 4.78 is 0. The summed E-state index contributed by atoms with van der Waals surface area (Å²) in [6.07, 6.45) is 0.903. The van der Waals surface area contributed by atoms with E-state index in [4.69, 9.17) is 5.11 Å². The molecule has 0 heterocycles. The first-order chi connectivity index (χ1) is 1.91. The molecule has 0 aromatic heterocycles. The molecule has 5 heavy (non-hydrogen) atoms. The summed E-state index contributed by atoms with van der Waals surface area (Å²) in [6, 6.07) is 0. The second-order valence-corrected chi connectivity index (χ2v) is 1.28. The van der Waals surface area contributed by atoms with Gasteiger partial charge in [0.25, 0.3) is 0 Å². The minimum absolute atomic E-state index is 0. The number of aliphatic hydroxyl groups excluding tert-OH is 1. The summed E-state index contributed by atoms with van der Waals surface area (Å²) in [5, 5.41) is 7.88. The highest BCUT2D eigenvalue weighted by atomic mass is 79.9.